The number of anilines is 1. The highest BCUT2D eigenvalue weighted by Crippen LogP contribution is 2.32. The number of fused-ring (bicyclic) bond motifs is 1. The number of carbonyl (C=O) groups is 1. The summed E-state index contributed by atoms with van der Waals surface area (Å²) in [4.78, 5) is 16.1. The first-order valence-electron chi connectivity index (χ1n) is 5.84. The number of amides is 1. The molecule has 1 aliphatic heterocycles. The third-order valence-electron chi connectivity index (χ3n) is 2.96. The SMILES string of the molecule is Cc1csc2c1C(c1ccc(Cl)cc1)=NCC(=O)N2. The highest BCUT2D eigenvalue weighted by molar-refractivity contribution is 7.15. The van der Waals surface area contributed by atoms with Gasteiger partial charge in [-0.15, -0.1) is 11.3 Å². The van der Waals surface area contributed by atoms with Gasteiger partial charge in [0.1, 0.15) is 11.5 Å². The quantitative estimate of drug-likeness (QED) is 0.858. The molecule has 1 aliphatic rings. The number of hydrogen-bond donors (Lipinski definition) is 1. The van der Waals surface area contributed by atoms with Gasteiger partial charge in [0.05, 0.1) is 5.71 Å². The van der Waals surface area contributed by atoms with E-state index in [0.29, 0.717) is 5.02 Å². The number of thiophene rings is 1. The van der Waals surface area contributed by atoms with E-state index in [2.05, 4.69) is 10.3 Å². The lowest BCUT2D eigenvalue weighted by Crippen LogP contribution is -2.12. The zero-order valence-electron chi connectivity index (χ0n) is 10.2. The standard InChI is InChI=1S/C14H11ClN2OS/c1-8-7-19-14-12(8)13(16-6-11(18)17-14)9-2-4-10(15)5-3-9/h2-5,7H,6H2,1H3,(H,17,18). The molecule has 3 nitrogen and oxygen atoms in total. The molecule has 0 aliphatic carbocycles. The van der Waals surface area contributed by atoms with Crippen LogP contribution in [-0.2, 0) is 4.79 Å². The Hall–Kier alpha value is -1.65. The van der Waals surface area contributed by atoms with Gasteiger partial charge in [0, 0.05) is 16.1 Å². The number of nitrogens with one attached hydrogen (secondary N) is 1. The maximum absolute atomic E-state index is 11.7. The highest BCUT2D eigenvalue weighted by Gasteiger charge is 2.21. The topological polar surface area (TPSA) is 41.5 Å². The van der Waals surface area contributed by atoms with Gasteiger partial charge in [0.2, 0.25) is 5.91 Å². The van der Waals surface area contributed by atoms with Crippen LogP contribution >= 0.6 is 22.9 Å². The van der Waals surface area contributed by atoms with Gasteiger partial charge in [-0.05, 0) is 30.0 Å². The molecule has 0 fully saturated rings. The second-order valence-electron chi connectivity index (χ2n) is 4.34. The molecule has 5 heteroatoms. The maximum atomic E-state index is 11.7. The average molecular weight is 291 g/mol. The van der Waals surface area contributed by atoms with Gasteiger partial charge in [-0.1, -0.05) is 23.7 Å². The van der Waals surface area contributed by atoms with E-state index in [9.17, 15) is 4.79 Å². The fourth-order valence-corrected chi connectivity index (χ4v) is 3.16. The number of aliphatic imine (C=N–C) groups is 1. The Labute approximate surface area is 119 Å². The number of carbonyl (C=O) groups excluding carboxylic acids is 1. The minimum Gasteiger partial charge on any atom is -0.316 e. The van der Waals surface area contributed by atoms with Crippen molar-refractivity contribution in [2.24, 2.45) is 4.99 Å². The first-order chi connectivity index (χ1) is 9.15. The predicted octanol–water partition coefficient (Wildman–Crippen LogP) is 3.50. The molecule has 2 aromatic rings. The largest absolute Gasteiger partial charge is 0.316 e. The zero-order valence-corrected chi connectivity index (χ0v) is 11.8. The Morgan fingerprint density at radius 2 is 2.05 bits per heavy atom. The van der Waals surface area contributed by atoms with Crippen LogP contribution in [0.15, 0.2) is 34.6 Å². The Kier molecular flexibility index (Phi) is 3.12. The van der Waals surface area contributed by atoms with Crippen molar-refractivity contribution in [3.63, 3.8) is 0 Å². The fourth-order valence-electron chi connectivity index (χ4n) is 2.07. The third kappa shape index (κ3) is 2.29. The lowest BCUT2D eigenvalue weighted by atomic mass is 10.0. The van der Waals surface area contributed by atoms with E-state index in [0.717, 1.165) is 27.4 Å². The molecule has 19 heavy (non-hydrogen) atoms. The monoisotopic (exact) mass is 290 g/mol. The van der Waals surface area contributed by atoms with Crippen LogP contribution in [0.5, 0.6) is 0 Å². The van der Waals surface area contributed by atoms with Crippen molar-refractivity contribution in [3.05, 3.63) is 51.4 Å². The van der Waals surface area contributed by atoms with Crippen LogP contribution < -0.4 is 5.32 Å². The average Bonchev–Trinajstić information content (AvgIpc) is 2.65. The zero-order chi connectivity index (χ0) is 13.4. The molecule has 2 heterocycles. The van der Waals surface area contributed by atoms with Gasteiger partial charge in [-0.25, -0.2) is 0 Å². The van der Waals surface area contributed by atoms with Crippen LogP contribution in [0.1, 0.15) is 16.7 Å². The van der Waals surface area contributed by atoms with E-state index in [1.54, 1.807) is 0 Å². The van der Waals surface area contributed by atoms with Crippen molar-refractivity contribution in [1.29, 1.82) is 0 Å². The highest BCUT2D eigenvalue weighted by atomic mass is 35.5. The summed E-state index contributed by atoms with van der Waals surface area (Å²) >= 11 is 7.44. The number of nitrogens with zero attached hydrogens (tertiary/aromatic N) is 1. The van der Waals surface area contributed by atoms with E-state index in [4.69, 9.17) is 11.6 Å². The molecule has 1 N–H and O–H groups in total. The van der Waals surface area contributed by atoms with Crippen molar-refractivity contribution in [1.82, 2.24) is 0 Å². The van der Waals surface area contributed by atoms with E-state index in [-0.39, 0.29) is 12.5 Å². The summed E-state index contributed by atoms with van der Waals surface area (Å²) in [6.45, 7) is 2.18. The first kappa shape index (κ1) is 12.4. The Morgan fingerprint density at radius 3 is 2.79 bits per heavy atom. The van der Waals surface area contributed by atoms with Crippen LogP contribution in [0.2, 0.25) is 5.02 Å². The van der Waals surface area contributed by atoms with E-state index in [1.165, 1.54) is 11.3 Å². The Morgan fingerprint density at radius 1 is 1.32 bits per heavy atom. The molecule has 0 saturated carbocycles. The molecule has 1 aromatic heterocycles. The number of rotatable bonds is 1. The van der Waals surface area contributed by atoms with Gasteiger partial charge in [0.15, 0.2) is 0 Å². The van der Waals surface area contributed by atoms with Crippen LogP contribution in [0.3, 0.4) is 0 Å². The van der Waals surface area contributed by atoms with Crippen molar-refractivity contribution < 1.29 is 4.79 Å². The van der Waals surface area contributed by atoms with Crippen LogP contribution in [-0.4, -0.2) is 18.2 Å². The molecule has 0 atom stereocenters. The van der Waals surface area contributed by atoms with E-state index in [1.807, 2.05) is 36.6 Å². The molecular formula is C14H11ClN2OS. The number of benzene rings is 1. The smallest absolute Gasteiger partial charge is 0.246 e. The minimum absolute atomic E-state index is 0.0768. The molecule has 96 valence electrons. The summed E-state index contributed by atoms with van der Waals surface area (Å²) in [6, 6.07) is 7.53. The third-order valence-corrected chi connectivity index (χ3v) is 4.23. The van der Waals surface area contributed by atoms with Crippen LogP contribution in [0, 0.1) is 6.92 Å². The van der Waals surface area contributed by atoms with E-state index >= 15 is 0 Å². The summed E-state index contributed by atoms with van der Waals surface area (Å²) in [5.74, 6) is -0.0768. The second-order valence-corrected chi connectivity index (χ2v) is 5.66. The van der Waals surface area contributed by atoms with Crippen molar-refractivity contribution in [2.75, 3.05) is 11.9 Å². The van der Waals surface area contributed by atoms with Crippen molar-refractivity contribution in [2.45, 2.75) is 6.92 Å². The summed E-state index contributed by atoms with van der Waals surface area (Å²) in [6.07, 6.45) is 0. The molecule has 0 radical (unpaired) electrons. The predicted molar refractivity (Wildman–Crippen MR) is 79.6 cm³/mol. The molecule has 0 saturated heterocycles. The number of halogens is 1. The van der Waals surface area contributed by atoms with Gasteiger partial charge in [0.25, 0.3) is 0 Å². The van der Waals surface area contributed by atoms with Crippen LogP contribution in [0.4, 0.5) is 5.00 Å². The minimum atomic E-state index is -0.0768. The molecule has 0 bridgehead atoms. The molecular weight excluding hydrogens is 280 g/mol. The van der Waals surface area contributed by atoms with Gasteiger partial charge in [-0.2, -0.15) is 0 Å². The van der Waals surface area contributed by atoms with Gasteiger partial charge in [-0.3, -0.25) is 9.79 Å². The molecule has 1 amide bonds. The van der Waals surface area contributed by atoms with Gasteiger partial charge >= 0.3 is 0 Å². The van der Waals surface area contributed by atoms with Crippen LogP contribution in [0.25, 0.3) is 0 Å². The number of hydrogen-bond acceptors (Lipinski definition) is 3. The van der Waals surface area contributed by atoms with Crippen molar-refractivity contribution >= 4 is 39.6 Å². The number of aryl methyl sites for hydroxylation is 1. The first-order valence-corrected chi connectivity index (χ1v) is 7.09. The lowest BCUT2D eigenvalue weighted by molar-refractivity contribution is -0.114. The molecule has 0 unspecified atom stereocenters. The fraction of sp³-hybridized carbons (Fsp3) is 0.143. The van der Waals surface area contributed by atoms with Crippen molar-refractivity contribution in [3.8, 4) is 0 Å². The summed E-state index contributed by atoms with van der Waals surface area (Å²) in [7, 11) is 0. The Balaban J connectivity index is 2.16. The summed E-state index contributed by atoms with van der Waals surface area (Å²) < 4.78 is 0. The summed E-state index contributed by atoms with van der Waals surface area (Å²) in [5, 5.41) is 6.48. The maximum Gasteiger partial charge on any atom is 0.246 e. The normalized spacial score (nSPS) is 14.4. The lowest BCUT2D eigenvalue weighted by Gasteiger charge is -2.07. The van der Waals surface area contributed by atoms with Gasteiger partial charge < -0.3 is 5.32 Å². The van der Waals surface area contributed by atoms with E-state index < -0.39 is 0 Å². The molecule has 3 rings (SSSR count). The Bertz CT molecular complexity index is 673. The summed E-state index contributed by atoms with van der Waals surface area (Å²) in [5.41, 5.74) is 3.96. The molecule has 1 aromatic carbocycles. The second kappa shape index (κ2) is 4.79. The molecule has 0 spiro atoms.